The molecule has 1 fully saturated rings. The Morgan fingerprint density at radius 1 is 1.27 bits per heavy atom. The topological polar surface area (TPSA) is 67.4 Å². The van der Waals surface area contributed by atoms with Crippen molar-refractivity contribution in [1.29, 1.82) is 0 Å². The number of amides is 3. The Bertz CT molecular complexity index is 530. The number of carbonyl (C=O) groups excluding carboxylic acids is 2. The first-order valence-electron chi connectivity index (χ1n) is 7.58. The SMILES string of the molecule is C[C@H](Oc1cccc(Br)c1)C(=O)NC(=O)NC1CCCCC1. The lowest BCUT2D eigenvalue weighted by Crippen LogP contribution is -2.48. The third-order valence-electron chi connectivity index (χ3n) is 3.66. The molecule has 120 valence electrons. The van der Waals surface area contributed by atoms with Crippen molar-refractivity contribution in [2.75, 3.05) is 0 Å². The van der Waals surface area contributed by atoms with E-state index in [0.29, 0.717) is 5.75 Å². The number of hydrogen-bond donors (Lipinski definition) is 2. The van der Waals surface area contributed by atoms with E-state index < -0.39 is 18.0 Å². The maximum atomic E-state index is 12.0. The number of urea groups is 1. The average molecular weight is 369 g/mol. The van der Waals surface area contributed by atoms with Gasteiger partial charge in [-0.15, -0.1) is 0 Å². The Morgan fingerprint density at radius 2 is 2.00 bits per heavy atom. The Hall–Kier alpha value is -1.56. The molecule has 1 aromatic carbocycles. The predicted octanol–water partition coefficient (Wildman–Crippen LogP) is 3.37. The molecule has 1 saturated carbocycles. The van der Waals surface area contributed by atoms with Crippen molar-refractivity contribution in [2.45, 2.75) is 51.2 Å². The number of ether oxygens (including phenoxy) is 1. The molecule has 0 radical (unpaired) electrons. The standard InChI is InChI=1S/C16H21BrN2O3/c1-11(22-14-9-5-6-12(17)10-14)15(20)19-16(21)18-13-7-3-2-4-8-13/h5-6,9-11,13H,2-4,7-8H2,1H3,(H2,18,19,20,21)/t11-/m0/s1. The van der Waals surface area contributed by atoms with Gasteiger partial charge in [0.15, 0.2) is 6.10 Å². The average Bonchev–Trinajstić information content (AvgIpc) is 2.48. The highest BCUT2D eigenvalue weighted by Crippen LogP contribution is 2.19. The fraction of sp³-hybridized carbons (Fsp3) is 0.500. The van der Waals surface area contributed by atoms with Gasteiger partial charge in [-0.3, -0.25) is 10.1 Å². The summed E-state index contributed by atoms with van der Waals surface area (Å²) in [5, 5.41) is 5.18. The first-order valence-corrected chi connectivity index (χ1v) is 8.37. The van der Waals surface area contributed by atoms with E-state index in [9.17, 15) is 9.59 Å². The lowest BCUT2D eigenvalue weighted by atomic mass is 9.96. The highest BCUT2D eigenvalue weighted by atomic mass is 79.9. The minimum atomic E-state index is -0.744. The molecule has 1 aliphatic carbocycles. The first kappa shape index (κ1) is 16.8. The van der Waals surface area contributed by atoms with Crippen LogP contribution in [0, 0.1) is 0 Å². The molecule has 0 spiro atoms. The molecule has 1 aromatic rings. The fourth-order valence-electron chi connectivity index (χ4n) is 2.48. The molecule has 6 heteroatoms. The molecule has 2 rings (SSSR count). The van der Waals surface area contributed by atoms with Crippen LogP contribution in [0.4, 0.5) is 4.79 Å². The number of rotatable bonds is 4. The summed E-state index contributed by atoms with van der Waals surface area (Å²) < 4.78 is 6.39. The molecule has 5 nitrogen and oxygen atoms in total. The Kier molecular flexibility index (Phi) is 6.24. The van der Waals surface area contributed by atoms with Crippen LogP contribution >= 0.6 is 15.9 Å². The monoisotopic (exact) mass is 368 g/mol. The number of carbonyl (C=O) groups is 2. The Labute approximate surface area is 138 Å². The molecule has 22 heavy (non-hydrogen) atoms. The minimum Gasteiger partial charge on any atom is -0.481 e. The van der Waals surface area contributed by atoms with Gasteiger partial charge >= 0.3 is 6.03 Å². The van der Waals surface area contributed by atoms with Gasteiger partial charge in [0.05, 0.1) is 0 Å². The fourth-order valence-corrected chi connectivity index (χ4v) is 2.86. The van der Waals surface area contributed by atoms with Crippen LogP contribution < -0.4 is 15.4 Å². The largest absolute Gasteiger partial charge is 0.481 e. The van der Waals surface area contributed by atoms with Gasteiger partial charge in [-0.1, -0.05) is 41.3 Å². The molecule has 1 aliphatic rings. The second kappa shape index (κ2) is 8.17. The smallest absolute Gasteiger partial charge is 0.321 e. The summed E-state index contributed by atoms with van der Waals surface area (Å²) >= 11 is 3.34. The lowest BCUT2D eigenvalue weighted by Gasteiger charge is -2.23. The molecule has 0 aliphatic heterocycles. The van der Waals surface area contributed by atoms with E-state index in [1.165, 1.54) is 6.42 Å². The summed E-state index contributed by atoms with van der Waals surface area (Å²) in [6, 6.07) is 6.95. The van der Waals surface area contributed by atoms with Crippen molar-refractivity contribution < 1.29 is 14.3 Å². The lowest BCUT2D eigenvalue weighted by molar-refractivity contribution is -0.126. The number of hydrogen-bond acceptors (Lipinski definition) is 3. The molecule has 0 saturated heterocycles. The van der Waals surface area contributed by atoms with Gasteiger partial charge in [-0.2, -0.15) is 0 Å². The molecule has 0 bridgehead atoms. The number of halogens is 1. The summed E-state index contributed by atoms with van der Waals surface area (Å²) in [5.41, 5.74) is 0. The van der Waals surface area contributed by atoms with Crippen molar-refractivity contribution >= 4 is 27.9 Å². The third kappa shape index (κ3) is 5.33. The normalized spacial score (nSPS) is 16.6. The molecular formula is C16H21BrN2O3. The van der Waals surface area contributed by atoms with Gasteiger partial charge in [0.1, 0.15) is 5.75 Å². The molecule has 0 aromatic heterocycles. The van der Waals surface area contributed by atoms with Crippen LogP contribution in [0.25, 0.3) is 0 Å². The summed E-state index contributed by atoms with van der Waals surface area (Å²) in [5.74, 6) is 0.123. The van der Waals surface area contributed by atoms with Crippen LogP contribution in [0.5, 0.6) is 5.75 Å². The molecule has 0 unspecified atom stereocenters. The second-order valence-corrected chi connectivity index (χ2v) is 6.43. The molecular weight excluding hydrogens is 348 g/mol. The van der Waals surface area contributed by atoms with Gasteiger partial charge in [0.25, 0.3) is 5.91 Å². The van der Waals surface area contributed by atoms with Crippen molar-refractivity contribution in [3.05, 3.63) is 28.7 Å². The van der Waals surface area contributed by atoms with E-state index in [0.717, 1.165) is 30.2 Å². The van der Waals surface area contributed by atoms with E-state index in [-0.39, 0.29) is 6.04 Å². The number of nitrogens with one attached hydrogen (secondary N) is 2. The highest BCUT2D eigenvalue weighted by Gasteiger charge is 2.20. The van der Waals surface area contributed by atoms with Crippen LogP contribution in [0.2, 0.25) is 0 Å². The summed E-state index contributed by atoms with van der Waals surface area (Å²) in [4.78, 5) is 23.8. The van der Waals surface area contributed by atoms with E-state index in [2.05, 4.69) is 26.6 Å². The quantitative estimate of drug-likeness (QED) is 0.855. The van der Waals surface area contributed by atoms with Gasteiger partial charge in [0.2, 0.25) is 0 Å². The number of benzene rings is 1. The van der Waals surface area contributed by atoms with Gasteiger partial charge in [-0.05, 0) is 38.0 Å². The van der Waals surface area contributed by atoms with E-state index >= 15 is 0 Å². The van der Waals surface area contributed by atoms with Crippen molar-refractivity contribution in [2.24, 2.45) is 0 Å². The van der Waals surface area contributed by atoms with E-state index in [1.54, 1.807) is 19.1 Å². The minimum absolute atomic E-state index is 0.169. The van der Waals surface area contributed by atoms with Gasteiger partial charge in [-0.25, -0.2) is 4.79 Å². The molecule has 0 heterocycles. The summed E-state index contributed by atoms with van der Waals surface area (Å²) in [7, 11) is 0. The maximum Gasteiger partial charge on any atom is 0.321 e. The van der Waals surface area contributed by atoms with Crippen molar-refractivity contribution in [3.63, 3.8) is 0 Å². The zero-order valence-electron chi connectivity index (χ0n) is 12.6. The summed E-state index contributed by atoms with van der Waals surface area (Å²) in [6.07, 6.45) is 4.68. The van der Waals surface area contributed by atoms with E-state index in [1.807, 2.05) is 12.1 Å². The first-order chi connectivity index (χ1) is 10.5. The van der Waals surface area contributed by atoms with Crippen LogP contribution in [0.15, 0.2) is 28.7 Å². The zero-order chi connectivity index (χ0) is 15.9. The van der Waals surface area contributed by atoms with Crippen molar-refractivity contribution in [1.82, 2.24) is 10.6 Å². The van der Waals surface area contributed by atoms with Crippen LogP contribution in [-0.4, -0.2) is 24.1 Å². The predicted molar refractivity (Wildman–Crippen MR) is 87.8 cm³/mol. The maximum absolute atomic E-state index is 12.0. The van der Waals surface area contributed by atoms with Crippen LogP contribution in [0.3, 0.4) is 0 Å². The highest BCUT2D eigenvalue weighted by molar-refractivity contribution is 9.10. The van der Waals surface area contributed by atoms with Crippen LogP contribution in [0.1, 0.15) is 39.0 Å². The van der Waals surface area contributed by atoms with Gasteiger partial charge < -0.3 is 10.1 Å². The van der Waals surface area contributed by atoms with Crippen LogP contribution in [-0.2, 0) is 4.79 Å². The number of imide groups is 1. The van der Waals surface area contributed by atoms with Gasteiger partial charge in [0, 0.05) is 10.5 Å². The zero-order valence-corrected chi connectivity index (χ0v) is 14.2. The molecule has 3 amide bonds. The molecule has 1 atom stereocenters. The summed E-state index contributed by atoms with van der Waals surface area (Å²) in [6.45, 7) is 1.62. The second-order valence-electron chi connectivity index (χ2n) is 5.52. The third-order valence-corrected chi connectivity index (χ3v) is 4.15. The molecule has 2 N–H and O–H groups in total. The Balaban J connectivity index is 1.79. The van der Waals surface area contributed by atoms with E-state index in [4.69, 9.17) is 4.74 Å². The van der Waals surface area contributed by atoms with Crippen molar-refractivity contribution in [3.8, 4) is 5.75 Å². The Morgan fingerprint density at radius 3 is 2.68 bits per heavy atom.